The third-order valence-electron chi connectivity index (χ3n) is 5.67. The molecule has 30 heavy (non-hydrogen) atoms. The lowest BCUT2D eigenvalue weighted by molar-refractivity contribution is 0.191. The SMILES string of the molecule is CCC1CC(CC)CN(S(=O)(=O)c2ccc(NC(=O)NCc3cccnc3)cc2)C1. The van der Waals surface area contributed by atoms with Gasteiger partial charge in [-0.1, -0.05) is 32.8 Å². The number of benzene rings is 1. The predicted octanol–water partition coefficient (Wildman–Crippen LogP) is 3.85. The molecule has 2 heterocycles. The van der Waals surface area contributed by atoms with Crippen LogP contribution in [0.1, 0.15) is 38.7 Å². The van der Waals surface area contributed by atoms with E-state index in [-0.39, 0.29) is 10.9 Å². The number of urea groups is 1. The normalized spacial score (nSPS) is 19.9. The summed E-state index contributed by atoms with van der Waals surface area (Å²) in [5.41, 5.74) is 1.43. The molecule has 1 aromatic heterocycles. The number of sulfonamides is 1. The smallest absolute Gasteiger partial charge is 0.319 e. The van der Waals surface area contributed by atoms with Crippen LogP contribution in [-0.2, 0) is 16.6 Å². The molecule has 0 radical (unpaired) electrons. The van der Waals surface area contributed by atoms with Gasteiger partial charge in [-0.3, -0.25) is 4.98 Å². The zero-order valence-electron chi connectivity index (χ0n) is 17.5. The third kappa shape index (κ3) is 5.58. The summed E-state index contributed by atoms with van der Waals surface area (Å²) >= 11 is 0. The number of aromatic nitrogens is 1. The molecule has 1 aromatic carbocycles. The number of carbonyl (C=O) groups excluding carboxylic acids is 1. The summed E-state index contributed by atoms with van der Waals surface area (Å²) in [6.07, 6.45) is 6.43. The summed E-state index contributed by atoms with van der Waals surface area (Å²) in [5, 5.41) is 5.47. The highest BCUT2D eigenvalue weighted by molar-refractivity contribution is 7.89. The van der Waals surface area contributed by atoms with Gasteiger partial charge in [0.05, 0.1) is 4.90 Å². The van der Waals surface area contributed by atoms with Crippen LogP contribution < -0.4 is 10.6 Å². The van der Waals surface area contributed by atoms with Crippen LogP contribution in [0.5, 0.6) is 0 Å². The summed E-state index contributed by atoms with van der Waals surface area (Å²) in [7, 11) is -3.54. The van der Waals surface area contributed by atoms with Crippen molar-refractivity contribution in [3.8, 4) is 0 Å². The summed E-state index contributed by atoms with van der Waals surface area (Å²) < 4.78 is 27.9. The van der Waals surface area contributed by atoms with Gasteiger partial charge in [0.1, 0.15) is 0 Å². The van der Waals surface area contributed by atoms with Gasteiger partial charge in [0.15, 0.2) is 0 Å². The van der Waals surface area contributed by atoms with E-state index in [0.717, 1.165) is 24.8 Å². The standard InChI is InChI=1S/C22H30N4O3S/c1-3-17-12-18(4-2)16-26(15-17)30(28,29)21-9-7-20(8-10-21)25-22(27)24-14-19-6-5-11-23-13-19/h5-11,13,17-18H,3-4,12,14-16H2,1-2H3,(H2,24,25,27). The molecule has 8 heteroatoms. The molecule has 7 nitrogen and oxygen atoms in total. The number of hydrogen-bond acceptors (Lipinski definition) is 4. The minimum atomic E-state index is -3.54. The molecule has 0 bridgehead atoms. The first kappa shape index (κ1) is 22.2. The fourth-order valence-corrected chi connectivity index (χ4v) is 5.37. The van der Waals surface area contributed by atoms with Crippen LogP contribution in [-0.4, -0.2) is 36.8 Å². The average molecular weight is 431 g/mol. The molecule has 2 atom stereocenters. The number of anilines is 1. The van der Waals surface area contributed by atoms with E-state index >= 15 is 0 Å². The van der Waals surface area contributed by atoms with Gasteiger partial charge < -0.3 is 10.6 Å². The Morgan fingerprint density at radius 3 is 2.33 bits per heavy atom. The second-order valence-electron chi connectivity index (χ2n) is 7.80. The van der Waals surface area contributed by atoms with Crippen LogP contribution in [0.15, 0.2) is 53.7 Å². The second-order valence-corrected chi connectivity index (χ2v) is 9.74. The van der Waals surface area contributed by atoms with Crippen molar-refractivity contribution < 1.29 is 13.2 Å². The summed E-state index contributed by atoms with van der Waals surface area (Å²) in [4.78, 5) is 16.3. The molecule has 1 fully saturated rings. The molecule has 3 rings (SSSR count). The Balaban J connectivity index is 1.62. The van der Waals surface area contributed by atoms with E-state index in [1.807, 2.05) is 12.1 Å². The number of amides is 2. The van der Waals surface area contributed by atoms with Gasteiger partial charge in [0.2, 0.25) is 10.0 Å². The first-order valence-corrected chi connectivity index (χ1v) is 11.9. The molecular weight excluding hydrogens is 400 g/mol. The zero-order chi connectivity index (χ0) is 21.6. The molecule has 1 saturated heterocycles. The highest BCUT2D eigenvalue weighted by atomic mass is 32.2. The first-order chi connectivity index (χ1) is 14.4. The topological polar surface area (TPSA) is 91.4 Å². The molecule has 0 saturated carbocycles. The summed E-state index contributed by atoms with van der Waals surface area (Å²) in [6, 6.07) is 9.68. The molecule has 2 unspecified atom stereocenters. The molecule has 0 aliphatic carbocycles. The van der Waals surface area contributed by atoms with Crippen molar-refractivity contribution in [1.82, 2.24) is 14.6 Å². The zero-order valence-corrected chi connectivity index (χ0v) is 18.4. The number of nitrogens with one attached hydrogen (secondary N) is 2. The maximum absolute atomic E-state index is 13.1. The molecule has 1 aliphatic heterocycles. The summed E-state index contributed by atoms with van der Waals surface area (Å²) in [6.45, 7) is 5.75. The first-order valence-electron chi connectivity index (χ1n) is 10.5. The average Bonchev–Trinajstić information content (AvgIpc) is 2.78. The monoisotopic (exact) mass is 430 g/mol. The van der Waals surface area contributed by atoms with Crippen LogP contribution in [0.2, 0.25) is 0 Å². The number of nitrogens with zero attached hydrogens (tertiary/aromatic N) is 2. The van der Waals surface area contributed by atoms with E-state index in [1.165, 1.54) is 0 Å². The van der Waals surface area contributed by atoms with Crippen molar-refractivity contribution in [2.45, 2.75) is 44.6 Å². The maximum Gasteiger partial charge on any atom is 0.319 e. The Hall–Kier alpha value is -2.45. The maximum atomic E-state index is 13.1. The van der Waals surface area contributed by atoms with Gasteiger partial charge in [-0.05, 0) is 54.2 Å². The van der Waals surface area contributed by atoms with Crippen LogP contribution in [0.25, 0.3) is 0 Å². The van der Waals surface area contributed by atoms with Crippen molar-refractivity contribution in [3.05, 3.63) is 54.4 Å². The Labute approximate surface area is 178 Å². The van der Waals surface area contributed by atoms with Gasteiger partial charge in [0, 0.05) is 37.7 Å². The molecule has 2 aromatic rings. The molecule has 1 aliphatic rings. The summed E-state index contributed by atoms with van der Waals surface area (Å²) in [5.74, 6) is 0.811. The third-order valence-corrected chi connectivity index (χ3v) is 7.52. The van der Waals surface area contributed by atoms with Crippen molar-refractivity contribution in [2.75, 3.05) is 18.4 Å². The fraction of sp³-hybridized carbons (Fsp3) is 0.455. The number of hydrogen-bond donors (Lipinski definition) is 2. The van der Waals surface area contributed by atoms with E-state index in [9.17, 15) is 13.2 Å². The molecule has 2 amide bonds. The minimum Gasteiger partial charge on any atom is -0.334 e. The van der Waals surface area contributed by atoms with E-state index in [4.69, 9.17) is 0 Å². The lowest BCUT2D eigenvalue weighted by Crippen LogP contribution is -2.43. The van der Waals surface area contributed by atoms with Crippen LogP contribution in [0, 0.1) is 11.8 Å². The van der Waals surface area contributed by atoms with Crippen molar-refractivity contribution in [2.24, 2.45) is 11.8 Å². The van der Waals surface area contributed by atoms with Crippen LogP contribution >= 0.6 is 0 Å². The highest BCUT2D eigenvalue weighted by Crippen LogP contribution is 2.30. The number of piperidine rings is 1. The largest absolute Gasteiger partial charge is 0.334 e. The van der Waals surface area contributed by atoms with Crippen molar-refractivity contribution >= 4 is 21.7 Å². The minimum absolute atomic E-state index is 0.260. The Morgan fingerprint density at radius 2 is 1.77 bits per heavy atom. The Morgan fingerprint density at radius 1 is 1.10 bits per heavy atom. The Bertz CT molecular complexity index is 921. The van der Waals surface area contributed by atoms with Crippen molar-refractivity contribution in [1.29, 1.82) is 0 Å². The Kier molecular flexibility index (Phi) is 7.44. The highest BCUT2D eigenvalue weighted by Gasteiger charge is 2.33. The second kappa shape index (κ2) is 10.0. The van der Waals surface area contributed by atoms with E-state index in [0.29, 0.717) is 37.2 Å². The van der Waals surface area contributed by atoms with Gasteiger partial charge in [0.25, 0.3) is 0 Å². The van der Waals surface area contributed by atoms with E-state index < -0.39 is 10.0 Å². The molecular formula is C22H30N4O3S. The van der Waals surface area contributed by atoms with E-state index in [2.05, 4.69) is 29.5 Å². The van der Waals surface area contributed by atoms with Crippen LogP contribution in [0.3, 0.4) is 0 Å². The molecule has 0 spiro atoms. The number of pyridine rings is 1. The number of carbonyl (C=O) groups is 1. The van der Waals surface area contributed by atoms with E-state index in [1.54, 1.807) is 41.0 Å². The van der Waals surface area contributed by atoms with Crippen molar-refractivity contribution in [3.63, 3.8) is 0 Å². The lowest BCUT2D eigenvalue weighted by atomic mass is 9.87. The van der Waals surface area contributed by atoms with Gasteiger partial charge in [-0.15, -0.1) is 0 Å². The van der Waals surface area contributed by atoms with Gasteiger partial charge >= 0.3 is 6.03 Å². The fourth-order valence-electron chi connectivity index (χ4n) is 3.78. The quantitative estimate of drug-likeness (QED) is 0.698. The van der Waals surface area contributed by atoms with Gasteiger partial charge in [-0.25, -0.2) is 13.2 Å². The molecule has 162 valence electrons. The molecule has 2 N–H and O–H groups in total. The lowest BCUT2D eigenvalue weighted by Gasteiger charge is -2.36. The predicted molar refractivity (Wildman–Crippen MR) is 117 cm³/mol. The van der Waals surface area contributed by atoms with Crippen LogP contribution in [0.4, 0.5) is 10.5 Å². The van der Waals surface area contributed by atoms with Gasteiger partial charge in [-0.2, -0.15) is 4.31 Å². The number of rotatable bonds is 7.